The zero-order chi connectivity index (χ0) is 2.99. The van der Waals surface area contributed by atoms with Crippen LogP contribution in [0.5, 0.6) is 0 Å². The highest BCUT2D eigenvalue weighted by atomic mass is 14.1. The van der Waals surface area contributed by atoms with Gasteiger partial charge in [-0.3, -0.25) is 0 Å². The normalized spacial score (nSPS) is 19.5. The molecule has 0 atom stereocenters. The average molecular weight is 53.1 g/mol. The third kappa shape index (κ3) is 0.0879. The van der Waals surface area contributed by atoms with Crippen molar-refractivity contribution in [3.63, 3.8) is 0 Å². The van der Waals surface area contributed by atoms with Gasteiger partial charge >= 0.3 is 0 Å². The van der Waals surface area contributed by atoms with Gasteiger partial charge in [-0.05, 0) is 0 Å². The highest BCUT2D eigenvalue weighted by Crippen LogP contribution is 2.21. The molecule has 0 aromatic heterocycles. The van der Waals surface area contributed by atoms with E-state index in [1.807, 2.05) is 0 Å². The SMILES string of the molecule is C=C1[CH-]C1. The van der Waals surface area contributed by atoms with Crippen molar-refractivity contribution >= 4 is 0 Å². The molecule has 0 bridgehead atoms. The quantitative estimate of drug-likeness (QED) is 0.363. The van der Waals surface area contributed by atoms with Crippen LogP contribution in [0.25, 0.3) is 0 Å². The molecule has 1 rings (SSSR count). The topological polar surface area (TPSA) is 0 Å². The molecule has 0 radical (unpaired) electrons. The van der Waals surface area contributed by atoms with Crippen LogP contribution in [0, 0.1) is 6.42 Å². The van der Waals surface area contributed by atoms with Gasteiger partial charge in [-0.2, -0.15) is 0 Å². The Bertz CT molecular complexity index is 38.0. The fourth-order valence-electron chi connectivity index (χ4n) is 0.0722. The lowest BCUT2D eigenvalue weighted by atomic mass is 10.7. The smallest absolute Gasteiger partial charge is 0.110 e. The third-order valence-electron chi connectivity index (χ3n) is 0.493. The van der Waals surface area contributed by atoms with Gasteiger partial charge < -0.3 is 0 Å². The molecule has 1 saturated carbocycles. The molecule has 4 heavy (non-hydrogen) atoms. The predicted octanol–water partition coefficient (Wildman–Crippen LogP) is 1.15. The molecule has 0 unspecified atom stereocenters. The van der Waals surface area contributed by atoms with Crippen molar-refractivity contribution < 1.29 is 0 Å². The summed E-state index contributed by atoms with van der Waals surface area (Å²) < 4.78 is 0. The van der Waals surface area contributed by atoms with E-state index >= 15 is 0 Å². The monoisotopic (exact) mass is 53.0 g/mol. The fraction of sp³-hybridized carbons (Fsp3) is 0.250. The molecule has 0 N–H and O–H groups in total. The molecule has 1 fully saturated rings. The van der Waals surface area contributed by atoms with Crippen molar-refractivity contribution in [3.05, 3.63) is 18.6 Å². The molecular formula is C4H5-. The van der Waals surface area contributed by atoms with Gasteiger partial charge in [-0.1, -0.05) is 0 Å². The zero-order valence-electron chi connectivity index (χ0n) is 2.49. The first kappa shape index (κ1) is 1.89. The highest BCUT2D eigenvalue weighted by molar-refractivity contribution is 5.27. The largest absolute Gasteiger partial charge is 0.243 e. The van der Waals surface area contributed by atoms with Crippen LogP contribution in [0.1, 0.15) is 6.42 Å². The number of rotatable bonds is 0. The molecule has 0 aromatic carbocycles. The molecule has 0 heterocycles. The second-order valence-electron chi connectivity index (χ2n) is 1.07. The van der Waals surface area contributed by atoms with Crippen molar-refractivity contribution in [2.45, 2.75) is 6.42 Å². The Labute approximate surface area is 26.1 Å². The van der Waals surface area contributed by atoms with Crippen LogP contribution in [0.4, 0.5) is 0 Å². The summed E-state index contributed by atoms with van der Waals surface area (Å²) in [5.41, 5.74) is 1.29. The van der Waals surface area contributed by atoms with Gasteiger partial charge in [-0.25, -0.2) is 18.6 Å². The van der Waals surface area contributed by atoms with Crippen molar-refractivity contribution in [1.82, 2.24) is 0 Å². The van der Waals surface area contributed by atoms with Gasteiger partial charge in [0.1, 0.15) is 0 Å². The minimum Gasteiger partial charge on any atom is -0.243 e. The molecule has 0 aromatic rings. The van der Waals surface area contributed by atoms with Crippen LogP contribution in [0.3, 0.4) is 0 Å². The molecular weight excluding hydrogens is 48.0 g/mol. The molecule has 0 aliphatic heterocycles. The minimum absolute atomic E-state index is 1.17. The van der Waals surface area contributed by atoms with Crippen LogP contribution in [-0.2, 0) is 0 Å². The van der Waals surface area contributed by atoms with Crippen molar-refractivity contribution in [3.8, 4) is 0 Å². The van der Waals surface area contributed by atoms with Crippen molar-refractivity contribution in [2.75, 3.05) is 0 Å². The Morgan fingerprint density at radius 2 is 2.25 bits per heavy atom. The van der Waals surface area contributed by atoms with E-state index in [0.29, 0.717) is 0 Å². The lowest BCUT2D eigenvalue weighted by molar-refractivity contribution is 1.71. The van der Waals surface area contributed by atoms with Crippen molar-refractivity contribution in [1.29, 1.82) is 0 Å². The fourth-order valence-corrected chi connectivity index (χ4v) is 0.0722. The Kier molecular flexibility index (Phi) is 0.150. The standard InChI is InChI=1S/C4H5/c1-4-2-3-4/h2H,1,3H2/q-1. The van der Waals surface area contributed by atoms with E-state index in [2.05, 4.69) is 13.0 Å². The maximum atomic E-state index is 3.61. The predicted molar refractivity (Wildman–Crippen MR) is 18.1 cm³/mol. The summed E-state index contributed by atoms with van der Waals surface area (Å²) in [6.07, 6.45) is 3.26. The maximum absolute atomic E-state index is 3.61. The van der Waals surface area contributed by atoms with Gasteiger partial charge in [0.05, 0.1) is 0 Å². The van der Waals surface area contributed by atoms with E-state index in [-0.39, 0.29) is 0 Å². The maximum Gasteiger partial charge on any atom is -0.110 e. The van der Waals surface area contributed by atoms with E-state index in [1.54, 1.807) is 0 Å². The summed E-state index contributed by atoms with van der Waals surface area (Å²) in [4.78, 5) is 0. The van der Waals surface area contributed by atoms with E-state index in [4.69, 9.17) is 0 Å². The summed E-state index contributed by atoms with van der Waals surface area (Å²) in [6, 6.07) is 0. The van der Waals surface area contributed by atoms with Crippen LogP contribution < -0.4 is 0 Å². The first-order valence-corrected chi connectivity index (χ1v) is 1.40. The summed E-state index contributed by atoms with van der Waals surface area (Å²) in [5, 5.41) is 0. The summed E-state index contributed by atoms with van der Waals surface area (Å²) in [5.74, 6) is 0. The zero-order valence-corrected chi connectivity index (χ0v) is 2.49. The molecule has 22 valence electrons. The third-order valence-corrected chi connectivity index (χ3v) is 0.493. The van der Waals surface area contributed by atoms with Crippen LogP contribution in [0.15, 0.2) is 12.2 Å². The lowest BCUT2D eigenvalue weighted by Gasteiger charge is -1.49. The molecule has 1 aliphatic carbocycles. The molecule has 1 aliphatic rings. The lowest BCUT2D eigenvalue weighted by Crippen LogP contribution is -1.13. The van der Waals surface area contributed by atoms with Crippen molar-refractivity contribution in [2.24, 2.45) is 0 Å². The Morgan fingerprint density at radius 3 is 2.25 bits per heavy atom. The highest BCUT2D eigenvalue weighted by Gasteiger charge is 1.89. The Balaban J connectivity index is 2.60. The summed E-state index contributed by atoms with van der Waals surface area (Å²) in [6.45, 7) is 3.61. The molecule has 0 spiro atoms. The molecule has 0 saturated heterocycles. The molecule has 0 nitrogen and oxygen atoms in total. The number of hydrogen-bond donors (Lipinski definition) is 0. The van der Waals surface area contributed by atoms with E-state index in [0.717, 1.165) is 0 Å². The number of allylic oxidation sites excluding steroid dienone is 1. The minimum atomic E-state index is 1.17. The van der Waals surface area contributed by atoms with E-state index < -0.39 is 0 Å². The Morgan fingerprint density at radius 1 is 2.00 bits per heavy atom. The van der Waals surface area contributed by atoms with Crippen LogP contribution >= 0.6 is 0 Å². The van der Waals surface area contributed by atoms with Gasteiger partial charge in [0.15, 0.2) is 0 Å². The second-order valence-corrected chi connectivity index (χ2v) is 1.07. The molecule has 0 amide bonds. The average Bonchev–Trinajstić information content (AvgIpc) is 1.75. The van der Waals surface area contributed by atoms with Gasteiger partial charge in [0, 0.05) is 0 Å². The van der Waals surface area contributed by atoms with Gasteiger partial charge in [0.25, 0.3) is 0 Å². The summed E-state index contributed by atoms with van der Waals surface area (Å²) >= 11 is 0. The van der Waals surface area contributed by atoms with E-state index in [1.165, 1.54) is 12.0 Å². The van der Waals surface area contributed by atoms with Gasteiger partial charge in [-0.15, -0.1) is 6.42 Å². The van der Waals surface area contributed by atoms with Crippen LogP contribution in [-0.4, -0.2) is 0 Å². The number of hydrogen-bond acceptors (Lipinski definition) is 0. The Hall–Kier alpha value is -0.390. The summed E-state index contributed by atoms with van der Waals surface area (Å²) in [7, 11) is 0. The second kappa shape index (κ2) is 0.318. The first-order valence-electron chi connectivity index (χ1n) is 1.40. The molecule has 0 heteroatoms. The van der Waals surface area contributed by atoms with E-state index in [9.17, 15) is 0 Å². The first-order chi connectivity index (χ1) is 1.89. The van der Waals surface area contributed by atoms with Gasteiger partial charge in [0.2, 0.25) is 0 Å². The van der Waals surface area contributed by atoms with Crippen LogP contribution in [0.2, 0.25) is 0 Å².